The Hall–Kier alpha value is -2.79. The fraction of sp³-hybridized carbons (Fsp3) is 0.158. The molecule has 2 aromatic carbocycles. The number of para-hydroxylation sites is 1. The lowest BCUT2D eigenvalue weighted by Gasteiger charge is -2.06. The van der Waals surface area contributed by atoms with Crippen LogP contribution in [0, 0.1) is 0 Å². The number of hydrogen-bond acceptors (Lipinski definition) is 4. The SMILES string of the molecule is CCc1cccc2c(C(=O)COC(=O)c3ccc(Cl)c(N)c3)c[nH]c12. The molecule has 3 N–H and O–H groups in total. The van der Waals surface area contributed by atoms with Crippen LogP contribution in [0.15, 0.2) is 42.6 Å². The maximum atomic E-state index is 12.4. The van der Waals surface area contributed by atoms with Gasteiger partial charge < -0.3 is 15.5 Å². The van der Waals surface area contributed by atoms with E-state index in [0.29, 0.717) is 10.6 Å². The number of carbonyl (C=O) groups excluding carboxylic acids is 2. The fourth-order valence-corrected chi connectivity index (χ4v) is 2.82. The molecule has 128 valence electrons. The second kappa shape index (κ2) is 6.99. The smallest absolute Gasteiger partial charge is 0.338 e. The quantitative estimate of drug-likeness (QED) is 0.411. The number of benzene rings is 2. The van der Waals surface area contributed by atoms with Crippen LogP contribution >= 0.6 is 11.6 Å². The zero-order chi connectivity index (χ0) is 18.0. The molecule has 0 radical (unpaired) electrons. The van der Waals surface area contributed by atoms with Gasteiger partial charge in [-0.15, -0.1) is 0 Å². The van der Waals surface area contributed by atoms with Crippen molar-refractivity contribution in [2.24, 2.45) is 0 Å². The van der Waals surface area contributed by atoms with Gasteiger partial charge in [-0.3, -0.25) is 4.79 Å². The molecule has 1 aromatic heterocycles. The van der Waals surface area contributed by atoms with Gasteiger partial charge in [-0.05, 0) is 30.2 Å². The molecule has 0 spiro atoms. The van der Waals surface area contributed by atoms with Crippen molar-refractivity contribution < 1.29 is 14.3 Å². The summed E-state index contributed by atoms with van der Waals surface area (Å²) < 4.78 is 5.11. The number of hydrogen-bond donors (Lipinski definition) is 2. The summed E-state index contributed by atoms with van der Waals surface area (Å²) in [5, 5.41) is 1.19. The van der Waals surface area contributed by atoms with Crippen LogP contribution in [0.3, 0.4) is 0 Å². The summed E-state index contributed by atoms with van der Waals surface area (Å²) in [6.07, 6.45) is 2.51. The van der Waals surface area contributed by atoms with E-state index in [2.05, 4.69) is 11.9 Å². The zero-order valence-electron chi connectivity index (χ0n) is 13.6. The normalized spacial score (nSPS) is 10.8. The number of halogens is 1. The van der Waals surface area contributed by atoms with Crippen molar-refractivity contribution in [2.45, 2.75) is 13.3 Å². The van der Waals surface area contributed by atoms with Crippen LogP contribution in [0.2, 0.25) is 5.02 Å². The van der Waals surface area contributed by atoms with Crippen LogP contribution in [-0.2, 0) is 11.2 Å². The Morgan fingerprint density at radius 3 is 2.76 bits per heavy atom. The van der Waals surface area contributed by atoms with Gasteiger partial charge in [0.25, 0.3) is 0 Å². The molecule has 5 nitrogen and oxygen atoms in total. The molecule has 0 bridgehead atoms. The number of nitrogen functional groups attached to an aromatic ring is 1. The lowest BCUT2D eigenvalue weighted by Crippen LogP contribution is -2.14. The van der Waals surface area contributed by atoms with E-state index < -0.39 is 5.97 Å². The molecule has 1 heterocycles. The van der Waals surface area contributed by atoms with Crippen molar-refractivity contribution in [3.8, 4) is 0 Å². The molecule has 3 aromatic rings. The number of aromatic nitrogens is 1. The van der Waals surface area contributed by atoms with Crippen LogP contribution in [-0.4, -0.2) is 23.3 Å². The molecule has 0 saturated carbocycles. The molecule has 0 aliphatic carbocycles. The number of ketones is 1. The van der Waals surface area contributed by atoms with Gasteiger partial charge in [0.1, 0.15) is 0 Å². The fourth-order valence-electron chi connectivity index (χ4n) is 2.71. The van der Waals surface area contributed by atoms with Gasteiger partial charge in [0.2, 0.25) is 5.78 Å². The highest BCUT2D eigenvalue weighted by atomic mass is 35.5. The minimum atomic E-state index is -0.620. The van der Waals surface area contributed by atoms with Crippen molar-refractivity contribution in [2.75, 3.05) is 12.3 Å². The first kappa shape index (κ1) is 17.0. The van der Waals surface area contributed by atoms with E-state index in [0.717, 1.165) is 22.9 Å². The first-order chi connectivity index (χ1) is 12.0. The number of esters is 1. The molecular formula is C19H17ClN2O3. The van der Waals surface area contributed by atoms with Gasteiger partial charge >= 0.3 is 5.97 Å². The van der Waals surface area contributed by atoms with Crippen molar-refractivity contribution >= 4 is 39.9 Å². The minimum absolute atomic E-state index is 0.252. The number of rotatable bonds is 5. The van der Waals surface area contributed by atoms with Gasteiger partial charge in [-0.25, -0.2) is 4.79 Å². The molecule has 25 heavy (non-hydrogen) atoms. The van der Waals surface area contributed by atoms with Crippen LogP contribution in [0.5, 0.6) is 0 Å². The van der Waals surface area contributed by atoms with Gasteiger partial charge in [-0.2, -0.15) is 0 Å². The summed E-state index contributed by atoms with van der Waals surface area (Å²) in [6.45, 7) is 1.71. The Labute approximate surface area is 149 Å². The number of Topliss-reactive ketones (excluding diaryl/α,β-unsaturated/α-hetero) is 1. The van der Waals surface area contributed by atoms with Gasteiger partial charge in [0.05, 0.1) is 16.3 Å². The maximum Gasteiger partial charge on any atom is 0.338 e. The third-order valence-electron chi connectivity index (χ3n) is 4.05. The Balaban J connectivity index is 1.74. The van der Waals surface area contributed by atoms with E-state index in [4.69, 9.17) is 22.1 Å². The molecule has 0 unspecified atom stereocenters. The molecular weight excluding hydrogens is 340 g/mol. The number of H-pyrrole nitrogens is 1. The average Bonchev–Trinajstić information content (AvgIpc) is 3.05. The molecule has 0 fully saturated rings. The van der Waals surface area contributed by atoms with E-state index in [9.17, 15) is 9.59 Å². The number of fused-ring (bicyclic) bond motifs is 1. The lowest BCUT2D eigenvalue weighted by molar-refractivity contribution is 0.0475. The number of anilines is 1. The Morgan fingerprint density at radius 2 is 2.04 bits per heavy atom. The first-order valence-electron chi connectivity index (χ1n) is 7.85. The van der Waals surface area contributed by atoms with Crippen molar-refractivity contribution in [1.29, 1.82) is 0 Å². The Morgan fingerprint density at radius 1 is 1.24 bits per heavy atom. The molecule has 0 atom stereocenters. The summed E-state index contributed by atoms with van der Waals surface area (Å²) in [5.41, 5.74) is 8.78. The van der Waals surface area contributed by atoms with Crippen LogP contribution in [0.1, 0.15) is 33.2 Å². The maximum absolute atomic E-state index is 12.4. The summed E-state index contributed by atoms with van der Waals surface area (Å²) >= 11 is 5.83. The molecule has 6 heteroatoms. The molecule has 0 aliphatic rings. The van der Waals surface area contributed by atoms with Crippen molar-refractivity contribution in [3.63, 3.8) is 0 Å². The summed E-state index contributed by atoms with van der Waals surface area (Å²) in [6, 6.07) is 10.2. The standard InChI is InChI=1S/C19H17ClN2O3/c1-2-11-4-3-5-13-14(9-22-18(11)13)17(23)10-25-19(24)12-6-7-15(20)16(21)8-12/h3-9,22H,2,10,21H2,1H3. The monoisotopic (exact) mass is 356 g/mol. The zero-order valence-corrected chi connectivity index (χ0v) is 14.4. The van der Waals surface area contributed by atoms with Gasteiger partial charge in [0, 0.05) is 22.7 Å². The number of carbonyl (C=O) groups is 2. The van der Waals surface area contributed by atoms with E-state index in [1.54, 1.807) is 6.20 Å². The topological polar surface area (TPSA) is 85.2 Å². The largest absolute Gasteiger partial charge is 0.454 e. The lowest BCUT2D eigenvalue weighted by atomic mass is 10.1. The minimum Gasteiger partial charge on any atom is -0.454 e. The number of aryl methyl sites for hydroxylation is 1. The van der Waals surface area contributed by atoms with Crippen molar-refractivity contribution in [1.82, 2.24) is 4.98 Å². The Kier molecular flexibility index (Phi) is 4.76. The van der Waals surface area contributed by atoms with Gasteiger partial charge in [-0.1, -0.05) is 36.7 Å². The third-order valence-corrected chi connectivity index (χ3v) is 4.39. The number of aromatic amines is 1. The van der Waals surface area contributed by atoms with E-state index in [1.807, 2.05) is 18.2 Å². The van der Waals surface area contributed by atoms with Crippen LogP contribution < -0.4 is 5.73 Å². The van der Waals surface area contributed by atoms with E-state index >= 15 is 0 Å². The van der Waals surface area contributed by atoms with Crippen LogP contribution in [0.4, 0.5) is 5.69 Å². The predicted molar refractivity (Wildman–Crippen MR) is 98.2 cm³/mol. The highest BCUT2D eigenvalue weighted by molar-refractivity contribution is 6.33. The second-order valence-corrected chi connectivity index (χ2v) is 6.04. The highest BCUT2D eigenvalue weighted by Gasteiger charge is 2.16. The predicted octanol–water partition coefficient (Wildman–Crippen LogP) is 4.01. The number of ether oxygens (including phenoxy) is 1. The average molecular weight is 357 g/mol. The van der Waals surface area contributed by atoms with E-state index in [1.165, 1.54) is 18.2 Å². The molecule has 0 amide bonds. The number of nitrogens with one attached hydrogen (secondary N) is 1. The molecule has 0 saturated heterocycles. The summed E-state index contributed by atoms with van der Waals surface area (Å²) in [4.78, 5) is 27.6. The molecule has 3 rings (SSSR count). The van der Waals surface area contributed by atoms with E-state index in [-0.39, 0.29) is 23.6 Å². The Bertz CT molecular complexity index is 962. The third kappa shape index (κ3) is 3.37. The first-order valence-corrected chi connectivity index (χ1v) is 8.23. The number of nitrogens with two attached hydrogens (primary N) is 1. The van der Waals surface area contributed by atoms with Crippen molar-refractivity contribution in [3.05, 3.63) is 64.3 Å². The van der Waals surface area contributed by atoms with Gasteiger partial charge in [0.15, 0.2) is 6.61 Å². The summed E-state index contributed by atoms with van der Waals surface area (Å²) in [7, 11) is 0. The van der Waals surface area contributed by atoms with Crippen LogP contribution in [0.25, 0.3) is 10.9 Å². The highest BCUT2D eigenvalue weighted by Crippen LogP contribution is 2.23. The summed E-state index contributed by atoms with van der Waals surface area (Å²) in [5.74, 6) is -0.888. The molecule has 0 aliphatic heterocycles. The second-order valence-electron chi connectivity index (χ2n) is 5.63.